The Hall–Kier alpha value is -1.84. The zero-order valence-electron chi connectivity index (χ0n) is 11.0. The zero-order valence-corrected chi connectivity index (χ0v) is 11.0. The van der Waals surface area contributed by atoms with Crippen LogP contribution in [0.5, 0.6) is 0 Å². The van der Waals surface area contributed by atoms with E-state index in [1.54, 1.807) is 0 Å². The van der Waals surface area contributed by atoms with Gasteiger partial charge in [0, 0.05) is 6.54 Å². The predicted octanol–water partition coefficient (Wildman–Crippen LogP) is 2.02. The fourth-order valence-corrected chi connectivity index (χ4v) is 2.25. The average molecular weight is 261 g/mol. The largest absolute Gasteiger partial charge is 0.481 e. The van der Waals surface area contributed by atoms with Gasteiger partial charge in [0.2, 0.25) is 5.91 Å². The van der Waals surface area contributed by atoms with Gasteiger partial charge in [-0.3, -0.25) is 9.59 Å². The van der Waals surface area contributed by atoms with Crippen LogP contribution in [0.15, 0.2) is 30.3 Å². The number of carboxylic acid groups (broad SMARTS) is 1. The number of carbonyl (C=O) groups is 2. The standard InChI is InChI=1S/C15H19NO3/c1-10(11-5-3-2-4-6-11)7-8-16-14(17)12-9-13(12)15(18)19/h2-6,10,12-13H,7-9H2,1H3,(H,16,17)(H,18,19)/t10?,12-,13+/m1/s1. The number of carbonyl (C=O) groups excluding carboxylic acids is 1. The van der Waals surface area contributed by atoms with Crippen LogP contribution in [-0.2, 0) is 9.59 Å². The minimum Gasteiger partial charge on any atom is -0.481 e. The SMILES string of the molecule is CC(CCNC(=O)[C@@H]1C[C@@H]1C(=O)O)c1ccccc1. The van der Waals surface area contributed by atoms with Gasteiger partial charge in [-0.2, -0.15) is 0 Å². The molecule has 1 saturated carbocycles. The van der Waals surface area contributed by atoms with E-state index in [1.807, 2.05) is 18.2 Å². The molecule has 1 fully saturated rings. The van der Waals surface area contributed by atoms with E-state index < -0.39 is 11.9 Å². The second kappa shape index (κ2) is 5.87. The molecule has 1 amide bonds. The highest BCUT2D eigenvalue weighted by molar-refractivity contribution is 5.89. The highest BCUT2D eigenvalue weighted by atomic mass is 16.4. The fraction of sp³-hybridized carbons (Fsp3) is 0.467. The van der Waals surface area contributed by atoms with Crippen LogP contribution in [-0.4, -0.2) is 23.5 Å². The Balaban J connectivity index is 1.70. The summed E-state index contributed by atoms with van der Waals surface area (Å²) in [5.41, 5.74) is 1.26. The van der Waals surface area contributed by atoms with Crippen LogP contribution >= 0.6 is 0 Å². The summed E-state index contributed by atoms with van der Waals surface area (Å²) in [7, 11) is 0. The summed E-state index contributed by atoms with van der Waals surface area (Å²) in [6.07, 6.45) is 1.34. The topological polar surface area (TPSA) is 66.4 Å². The molecule has 4 heteroatoms. The van der Waals surface area contributed by atoms with Gasteiger partial charge < -0.3 is 10.4 Å². The molecule has 1 aliphatic rings. The number of nitrogens with one attached hydrogen (secondary N) is 1. The maximum Gasteiger partial charge on any atom is 0.307 e. The van der Waals surface area contributed by atoms with Crippen molar-refractivity contribution in [3.63, 3.8) is 0 Å². The van der Waals surface area contributed by atoms with Crippen molar-refractivity contribution in [3.8, 4) is 0 Å². The summed E-state index contributed by atoms with van der Waals surface area (Å²) in [5.74, 6) is -1.38. The number of rotatable bonds is 6. The summed E-state index contributed by atoms with van der Waals surface area (Å²) in [4.78, 5) is 22.3. The van der Waals surface area contributed by atoms with Gasteiger partial charge in [-0.15, -0.1) is 0 Å². The van der Waals surface area contributed by atoms with E-state index in [2.05, 4.69) is 24.4 Å². The van der Waals surface area contributed by atoms with Gasteiger partial charge >= 0.3 is 5.97 Å². The molecule has 1 unspecified atom stereocenters. The lowest BCUT2D eigenvalue weighted by Gasteiger charge is -2.12. The van der Waals surface area contributed by atoms with Gasteiger partial charge in [0.1, 0.15) is 0 Å². The third kappa shape index (κ3) is 3.56. The van der Waals surface area contributed by atoms with Crippen LogP contribution < -0.4 is 5.32 Å². The molecule has 0 aliphatic heterocycles. The molecule has 1 aromatic carbocycles. The fourth-order valence-electron chi connectivity index (χ4n) is 2.25. The van der Waals surface area contributed by atoms with Crippen LogP contribution in [0.25, 0.3) is 0 Å². The van der Waals surface area contributed by atoms with Crippen molar-refractivity contribution >= 4 is 11.9 Å². The lowest BCUT2D eigenvalue weighted by Crippen LogP contribution is -2.28. The monoisotopic (exact) mass is 261 g/mol. The first-order valence-corrected chi connectivity index (χ1v) is 6.65. The summed E-state index contributed by atoms with van der Waals surface area (Å²) in [6.45, 7) is 2.72. The van der Waals surface area contributed by atoms with E-state index in [-0.39, 0.29) is 11.8 Å². The molecule has 1 aliphatic carbocycles. The average Bonchev–Trinajstić information content (AvgIpc) is 3.20. The predicted molar refractivity (Wildman–Crippen MR) is 71.7 cm³/mol. The molecular formula is C15H19NO3. The van der Waals surface area contributed by atoms with Crippen LogP contribution in [0, 0.1) is 11.8 Å². The molecule has 0 spiro atoms. The van der Waals surface area contributed by atoms with Crippen molar-refractivity contribution in [1.82, 2.24) is 5.32 Å². The van der Waals surface area contributed by atoms with Crippen molar-refractivity contribution in [2.75, 3.05) is 6.54 Å². The minimum absolute atomic E-state index is 0.118. The lowest BCUT2D eigenvalue weighted by molar-refractivity contribution is -0.140. The lowest BCUT2D eigenvalue weighted by atomic mass is 9.98. The Morgan fingerprint density at radius 2 is 2.00 bits per heavy atom. The minimum atomic E-state index is -0.863. The van der Waals surface area contributed by atoms with Crippen LogP contribution in [0.3, 0.4) is 0 Å². The Labute approximate surface area is 112 Å². The molecule has 102 valence electrons. The Kier molecular flexibility index (Phi) is 4.20. The maximum atomic E-state index is 11.7. The van der Waals surface area contributed by atoms with Crippen LogP contribution in [0.4, 0.5) is 0 Å². The molecule has 2 rings (SSSR count). The molecule has 4 nitrogen and oxygen atoms in total. The van der Waals surface area contributed by atoms with E-state index in [4.69, 9.17) is 5.11 Å². The van der Waals surface area contributed by atoms with E-state index in [0.717, 1.165) is 6.42 Å². The molecule has 2 N–H and O–H groups in total. The molecule has 19 heavy (non-hydrogen) atoms. The number of hydrogen-bond acceptors (Lipinski definition) is 2. The van der Waals surface area contributed by atoms with E-state index in [1.165, 1.54) is 5.56 Å². The van der Waals surface area contributed by atoms with Crippen LogP contribution in [0.2, 0.25) is 0 Å². The highest BCUT2D eigenvalue weighted by Crippen LogP contribution is 2.38. The second-order valence-electron chi connectivity index (χ2n) is 5.18. The molecule has 0 saturated heterocycles. The molecule has 1 aromatic rings. The zero-order chi connectivity index (χ0) is 13.8. The molecular weight excluding hydrogens is 242 g/mol. The summed E-state index contributed by atoms with van der Waals surface area (Å²) in [5, 5.41) is 11.6. The molecule has 0 radical (unpaired) electrons. The van der Waals surface area contributed by atoms with Crippen molar-refractivity contribution in [2.24, 2.45) is 11.8 Å². The summed E-state index contributed by atoms with van der Waals surface area (Å²) in [6, 6.07) is 10.1. The van der Waals surface area contributed by atoms with Gasteiger partial charge in [-0.05, 0) is 24.3 Å². The van der Waals surface area contributed by atoms with Gasteiger partial charge in [-0.1, -0.05) is 37.3 Å². The normalized spacial score (nSPS) is 22.6. The summed E-state index contributed by atoms with van der Waals surface area (Å²) >= 11 is 0. The van der Waals surface area contributed by atoms with E-state index in [9.17, 15) is 9.59 Å². The van der Waals surface area contributed by atoms with E-state index >= 15 is 0 Å². The number of aliphatic carboxylic acids is 1. The van der Waals surface area contributed by atoms with Crippen molar-refractivity contribution < 1.29 is 14.7 Å². The number of benzene rings is 1. The second-order valence-corrected chi connectivity index (χ2v) is 5.18. The van der Waals surface area contributed by atoms with Gasteiger partial charge in [0.25, 0.3) is 0 Å². The molecule has 0 aromatic heterocycles. The first-order valence-electron chi connectivity index (χ1n) is 6.65. The number of amides is 1. The maximum absolute atomic E-state index is 11.7. The highest BCUT2D eigenvalue weighted by Gasteiger charge is 2.48. The van der Waals surface area contributed by atoms with Crippen molar-refractivity contribution in [3.05, 3.63) is 35.9 Å². The third-order valence-corrected chi connectivity index (χ3v) is 3.69. The van der Waals surface area contributed by atoms with Gasteiger partial charge in [0.15, 0.2) is 0 Å². The number of hydrogen-bond donors (Lipinski definition) is 2. The Morgan fingerprint density at radius 1 is 1.32 bits per heavy atom. The van der Waals surface area contributed by atoms with Gasteiger partial charge in [0.05, 0.1) is 11.8 Å². The third-order valence-electron chi connectivity index (χ3n) is 3.69. The molecule has 3 atom stereocenters. The first-order chi connectivity index (χ1) is 9.09. The first kappa shape index (κ1) is 13.6. The summed E-state index contributed by atoms with van der Waals surface area (Å²) < 4.78 is 0. The van der Waals surface area contributed by atoms with Crippen molar-refractivity contribution in [1.29, 1.82) is 0 Å². The van der Waals surface area contributed by atoms with Crippen molar-refractivity contribution in [2.45, 2.75) is 25.7 Å². The molecule has 0 bridgehead atoms. The Morgan fingerprint density at radius 3 is 2.58 bits per heavy atom. The van der Waals surface area contributed by atoms with E-state index in [0.29, 0.717) is 18.9 Å². The number of carboxylic acids is 1. The Bertz CT molecular complexity index is 458. The van der Waals surface area contributed by atoms with Crippen LogP contribution in [0.1, 0.15) is 31.2 Å². The van der Waals surface area contributed by atoms with Gasteiger partial charge in [-0.25, -0.2) is 0 Å². The smallest absolute Gasteiger partial charge is 0.307 e. The quantitative estimate of drug-likeness (QED) is 0.823. The molecule has 0 heterocycles.